The molecule has 1 saturated carbocycles. The number of benzene rings is 1. The number of amides is 1. The van der Waals surface area contributed by atoms with E-state index in [0.717, 1.165) is 30.4 Å². The van der Waals surface area contributed by atoms with Crippen LogP contribution in [0.25, 0.3) is 0 Å². The molecule has 3 rings (SSSR count). The highest BCUT2D eigenvalue weighted by molar-refractivity contribution is 9.10. The molecule has 1 heterocycles. The van der Waals surface area contributed by atoms with Crippen molar-refractivity contribution < 1.29 is 9.18 Å². The molecule has 1 aliphatic heterocycles. The van der Waals surface area contributed by atoms with E-state index in [-0.39, 0.29) is 30.0 Å². The third-order valence-corrected chi connectivity index (χ3v) is 5.02. The molecule has 1 aromatic rings. The lowest BCUT2D eigenvalue weighted by molar-refractivity contribution is -0.138. The molecule has 1 aromatic carbocycles. The summed E-state index contributed by atoms with van der Waals surface area (Å²) in [6.07, 6.45) is 2.08. The van der Waals surface area contributed by atoms with Gasteiger partial charge in [-0.1, -0.05) is 22.9 Å². The molecule has 0 aromatic heterocycles. The monoisotopic (exact) mass is 390 g/mol. The molecule has 1 aliphatic carbocycles. The number of carbonyl (C=O) groups is 1. The van der Waals surface area contributed by atoms with Gasteiger partial charge in [-0.15, -0.1) is 12.4 Å². The maximum Gasteiger partial charge on any atom is 0.226 e. The van der Waals surface area contributed by atoms with Crippen molar-refractivity contribution >= 4 is 34.2 Å². The second kappa shape index (κ2) is 7.28. The summed E-state index contributed by atoms with van der Waals surface area (Å²) in [7, 11) is 0. The highest BCUT2D eigenvalue weighted by Crippen LogP contribution is 2.32. The summed E-state index contributed by atoms with van der Waals surface area (Å²) >= 11 is 3.37. The average molecular weight is 392 g/mol. The van der Waals surface area contributed by atoms with Crippen LogP contribution in [0.3, 0.4) is 0 Å². The van der Waals surface area contributed by atoms with E-state index in [1.165, 1.54) is 6.07 Å². The van der Waals surface area contributed by atoms with Gasteiger partial charge in [0.05, 0.1) is 0 Å². The van der Waals surface area contributed by atoms with Crippen LogP contribution in [0.5, 0.6) is 0 Å². The zero-order valence-electron chi connectivity index (χ0n) is 12.5. The van der Waals surface area contributed by atoms with E-state index in [1.54, 1.807) is 12.1 Å². The second-order valence-electron chi connectivity index (χ2n) is 6.14. The first-order valence-corrected chi connectivity index (χ1v) is 8.30. The predicted octanol–water partition coefficient (Wildman–Crippen LogP) is 3.36. The predicted molar refractivity (Wildman–Crippen MR) is 90.4 cm³/mol. The van der Waals surface area contributed by atoms with Crippen LogP contribution in [0.15, 0.2) is 22.7 Å². The van der Waals surface area contributed by atoms with Gasteiger partial charge in [0.1, 0.15) is 5.82 Å². The first-order chi connectivity index (χ1) is 10.1. The van der Waals surface area contributed by atoms with Gasteiger partial charge in [-0.25, -0.2) is 4.39 Å². The number of carbonyl (C=O) groups excluding carboxylic acids is 1. The van der Waals surface area contributed by atoms with Gasteiger partial charge in [-0.2, -0.15) is 0 Å². The molecule has 0 bridgehead atoms. The van der Waals surface area contributed by atoms with Gasteiger partial charge in [-0.3, -0.25) is 4.79 Å². The van der Waals surface area contributed by atoms with E-state index in [4.69, 9.17) is 0 Å². The third kappa shape index (κ3) is 3.81. The Morgan fingerprint density at radius 3 is 2.68 bits per heavy atom. The van der Waals surface area contributed by atoms with E-state index >= 15 is 0 Å². The fraction of sp³-hybridized carbons (Fsp3) is 0.562. The van der Waals surface area contributed by atoms with E-state index in [2.05, 4.69) is 21.2 Å². The third-order valence-electron chi connectivity index (χ3n) is 4.53. The maximum atomic E-state index is 13.9. The van der Waals surface area contributed by atoms with E-state index in [0.29, 0.717) is 24.1 Å². The fourth-order valence-electron chi connectivity index (χ4n) is 2.75. The number of halogens is 3. The van der Waals surface area contributed by atoms with Gasteiger partial charge in [0.25, 0.3) is 0 Å². The standard InChI is InChI=1S/C16H20BrFN2O.ClH/c1-10(12-7-19-8-12)16(21)20(14-3-4-14)9-11-6-13(17)2-5-15(11)18;/h2,5-6,10,12,14,19H,3-4,7-9H2,1H3;1H. The zero-order chi connectivity index (χ0) is 15.0. The van der Waals surface area contributed by atoms with Crippen molar-refractivity contribution in [3.05, 3.63) is 34.1 Å². The van der Waals surface area contributed by atoms with Crippen LogP contribution < -0.4 is 5.32 Å². The Morgan fingerprint density at radius 2 is 2.14 bits per heavy atom. The van der Waals surface area contributed by atoms with Crippen molar-refractivity contribution in [3.8, 4) is 0 Å². The normalized spacial score (nSPS) is 19.0. The molecule has 1 unspecified atom stereocenters. The minimum Gasteiger partial charge on any atom is -0.335 e. The Kier molecular flexibility index (Phi) is 5.86. The Bertz CT molecular complexity index is 549. The van der Waals surface area contributed by atoms with Crippen LogP contribution in [-0.2, 0) is 11.3 Å². The summed E-state index contributed by atoms with van der Waals surface area (Å²) in [6.45, 7) is 4.20. The Balaban J connectivity index is 0.00000176. The second-order valence-corrected chi connectivity index (χ2v) is 7.06. The smallest absolute Gasteiger partial charge is 0.226 e. The van der Waals surface area contributed by atoms with E-state index in [9.17, 15) is 9.18 Å². The number of nitrogens with one attached hydrogen (secondary N) is 1. The molecular formula is C16H21BrClFN2O. The molecular weight excluding hydrogens is 371 g/mol. The molecule has 6 heteroatoms. The molecule has 1 amide bonds. The van der Waals surface area contributed by atoms with Crippen molar-refractivity contribution in [1.29, 1.82) is 0 Å². The summed E-state index contributed by atoms with van der Waals surface area (Å²) in [6, 6.07) is 5.21. The molecule has 1 saturated heterocycles. The molecule has 0 radical (unpaired) electrons. The first-order valence-electron chi connectivity index (χ1n) is 7.51. The van der Waals surface area contributed by atoms with Gasteiger partial charge in [-0.05, 0) is 50.0 Å². The van der Waals surface area contributed by atoms with Crippen molar-refractivity contribution in [1.82, 2.24) is 10.2 Å². The van der Waals surface area contributed by atoms with Gasteiger partial charge >= 0.3 is 0 Å². The number of hydrogen-bond donors (Lipinski definition) is 1. The van der Waals surface area contributed by atoms with Gasteiger partial charge in [0.2, 0.25) is 5.91 Å². The fourth-order valence-corrected chi connectivity index (χ4v) is 3.16. The Hall–Kier alpha value is -0.650. The van der Waals surface area contributed by atoms with Gasteiger partial charge in [0.15, 0.2) is 0 Å². The zero-order valence-corrected chi connectivity index (χ0v) is 14.9. The van der Waals surface area contributed by atoms with E-state index < -0.39 is 0 Å². The van der Waals surface area contributed by atoms with Crippen LogP contribution in [0.2, 0.25) is 0 Å². The summed E-state index contributed by atoms with van der Waals surface area (Å²) in [5.41, 5.74) is 0.587. The molecule has 2 aliphatic rings. The topological polar surface area (TPSA) is 32.3 Å². The summed E-state index contributed by atoms with van der Waals surface area (Å²) < 4.78 is 14.8. The van der Waals surface area contributed by atoms with Crippen molar-refractivity contribution in [3.63, 3.8) is 0 Å². The van der Waals surface area contributed by atoms with Crippen molar-refractivity contribution in [2.24, 2.45) is 11.8 Å². The lowest BCUT2D eigenvalue weighted by Crippen LogP contribution is -2.50. The van der Waals surface area contributed by atoms with Crippen LogP contribution in [-0.4, -0.2) is 29.9 Å². The summed E-state index contributed by atoms with van der Waals surface area (Å²) in [4.78, 5) is 14.6. The van der Waals surface area contributed by atoms with Crippen LogP contribution in [0.1, 0.15) is 25.3 Å². The lowest BCUT2D eigenvalue weighted by atomic mass is 9.87. The minimum absolute atomic E-state index is 0. The lowest BCUT2D eigenvalue weighted by Gasteiger charge is -2.35. The molecule has 2 fully saturated rings. The molecule has 3 nitrogen and oxygen atoms in total. The van der Waals surface area contributed by atoms with Gasteiger partial charge in [0, 0.05) is 28.5 Å². The SMILES string of the molecule is CC(C(=O)N(Cc1cc(Br)ccc1F)C1CC1)C1CNC1.Cl. The molecule has 1 atom stereocenters. The summed E-state index contributed by atoms with van der Waals surface area (Å²) in [5, 5.41) is 3.21. The number of hydrogen-bond acceptors (Lipinski definition) is 2. The van der Waals surface area contributed by atoms with Crippen LogP contribution in [0, 0.1) is 17.7 Å². The maximum absolute atomic E-state index is 13.9. The van der Waals surface area contributed by atoms with Crippen LogP contribution in [0.4, 0.5) is 4.39 Å². The molecule has 22 heavy (non-hydrogen) atoms. The van der Waals surface area contributed by atoms with E-state index in [1.807, 2.05) is 11.8 Å². The Morgan fingerprint density at radius 1 is 1.45 bits per heavy atom. The summed E-state index contributed by atoms with van der Waals surface area (Å²) in [5.74, 6) is 0.367. The Labute approximate surface area is 145 Å². The number of rotatable bonds is 5. The highest BCUT2D eigenvalue weighted by atomic mass is 79.9. The highest BCUT2D eigenvalue weighted by Gasteiger charge is 2.38. The van der Waals surface area contributed by atoms with Crippen LogP contribution >= 0.6 is 28.3 Å². The van der Waals surface area contributed by atoms with Crippen molar-refractivity contribution in [2.45, 2.75) is 32.4 Å². The number of nitrogens with zero attached hydrogens (tertiary/aromatic N) is 1. The minimum atomic E-state index is -0.241. The average Bonchev–Trinajstić information content (AvgIpc) is 3.21. The van der Waals surface area contributed by atoms with Gasteiger partial charge < -0.3 is 10.2 Å². The first kappa shape index (κ1) is 17.7. The largest absolute Gasteiger partial charge is 0.335 e. The molecule has 122 valence electrons. The quantitative estimate of drug-likeness (QED) is 0.835. The molecule has 1 N–H and O–H groups in total. The molecule has 0 spiro atoms. The van der Waals surface area contributed by atoms with Crippen molar-refractivity contribution in [2.75, 3.05) is 13.1 Å².